The highest BCUT2D eigenvalue weighted by Crippen LogP contribution is 2.14. The molecule has 0 bridgehead atoms. The summed E-state index contributed by atoms with van der Waals surface area (Å²) in [5.74, 6) is 2.51. The van der Waals surface area contributed by atoms with Gasteiger partial charge in [0.15, 0.2) is 0 Å². The van der Waals surface area contributed by atoms with Gasteiger partial charge >= 0.3 is 0 Å². The lowest BCUT2D eigenvalue weighted by Crippen LogP contribution is -2.24. The van der Waals surface area contributed by atoms with Crippen molar-refractivity contribution in [1.82, 2.24) is 4.72 Å². The number of hydrogen-bond acceptors (Lipinski definition) is 3. The average molecular weight is 276 g/mol. The van der Waals surface area contributed by atoms with Crippen LogP contribution in [-0.4, -0.2) is 15.0 Å². The molecule has 0 heterocycles. The second-order valence-corrected chi connectivity index (χ2v) is 5.91. The zero-order valence-electron chi connectivity index (χ0n) is 10.8. The van der Waals surface area contributed by atoms with Crippen molar-refractivity contribution in [2.75, 3.05) is 6.54 Å². The van der Waals surface area contributed by atoms with Gasteiger partial charge in [-0.1, -0.05) is 0 Å². The number of hydrogen-bond donors (Lipinski definition) is 1. The highest BCUT2D eigenvalue weighted by molar-refractivity contribution is 7.89. The third-order valence-corrected chi connectivity index (χ3v) is 4.13. The molecular weight excluding hydrogens is 260 g/mol. The Morgan fingerprint density at radius 2 is 2.11 bits per heavy atom. The molecule has 1 aromatic carbocycles. The van der Waals surface area contributed by atoms with Gasteiger partial charge in [-0.2, -0.15) is 5.26 Å². The van der Waals surface area contributed by atoms with E-state index < -0.39 is 10.0 Å². The second-order valence-electron chi connectivity index (χ2n) is 4.15. The van der Waals surface area contributed by atoms with E-state index in [-0.39, 0.29) is 4.90 Å². The van der Waals surface area contributed by atoms with Gasteiger partial charge in [-0.25, -0.2) is 13.1 Å². The van der Waals surface area contributed by atoms with Gasteiger partial charge < -0.3 is 0 Å². The number of nitriles is 1. The first-order chi connectivity index (χ1) is 9.01. The molecule has 0 saturated carbocycles. The molecule has 19 heavy (non-hydrogen) atoms. The molecule has 1 aromatic rings. The lowest BCUT2D eigenvalue weighted by Gasteiger charge is -2.07. The Morgan fingerprint density at radius 1 is 1.37 bits per heavy atom. The maximum Gasteiger partial charge on any atom is 0.240 e. The summed E-state index contributed by atoms with van der Waals surface area (Å²) in [6, 6.07) is 6.46. The minimum Gasteiger partial charge on any atom is -0.211 e. The Bertz CT molecular complexity index is 622. The molecule has 0 saturated heterocycles. The first-order valence-electron chi connectivity index (χ1n) is 5.95. The summed E-state index contributed by atoms with van der Waals surface area (Å²) in [7, 11) is -3.51. The van der Waals surface area contributed by atoms with Crippen LogP contribution in [0.5, 0.6) is 0 Å². The fraction of sp³-hybridized carbons (Fsp3) is 0.357. The van der Waals surface area contributed by atoms with Gasteiger partial charge in [0.1, 0.15) is 0 Å². The summed E-state index contributed by atoms with van der Waals surface area (Å²) in [5.41, 5.74) is 1.13. The number of aryl methyl sites for hydroxylation is 1. The Morgan fingerprint density at radius 3 is 2.68 bits per heavy atom. The van der Waals surface area contributed by atoms with Crippen molar-refractivity contribution in [3.8, 4) is 18.4 Å². The maximum atomic E-state index is 12.0. The normalized spacial score (nSPS) is 10.7. The molecule has 0 fully saturated rings. The molecule has 5 heteroatoms. The number of rotatable bonds is 6. The Kier molecular flexibility index (Phi) is 5.57. The van der Waals surface area contributed by atoms with E-state index in [2.05, 4.69) is 10.6 Å². The third-order valence-electron chi connectivity index (χ3n) is 2.67. The summed E-state index contributed by atoms with van der Waals surface area (Å²) in [6.45, 7) is 2.08. The van der Waals surface area contributed by atoms with Crippen molar-refractivity contribution >= 4 is 10.0 Å². The zero-order chi connectivity index (χ0) is 14.3. The van der Waals surface area contributed by atoms with Crippen LogP contribution < -0.4 is 4.72 Å². The maximum absolute atomic E-state index is 12.0. The van der Waals surface area contributed by atoms with Crippen LogP contribution >= 0.6 is 0 Å². The lowest BCUT2D eigenvalue weighted by molar-refractivity contribution is 0.577. The van der Waals surface area contributed by atoms with E-state index in [0.717, 1.165) is 6.42 Å². The Labute approximate surface area is 114 Å². The third kappa shape index (κ3) is 4.40. The minimum absolute atomic E-state index is 0.181. The number of nitrogens with zero attached hydrogens (tertiary/aromatic N) is 1. The van der Waals surface area contributed by atoms with Gasteiger partial charge in [0.2, 0.25) is 10.0 Å². The predicted octanol–water partition coefficient (Wildman–Crippen LogP) is 1.95. The van der Waals surface area contributed by atoms with E-state index in [1.807, 2.05) is 6.07 Å². The van der Waals surface area contributed by atoms with Crippen LogP contribution in [0.25, 0.3) is 0 Å². The molecule has 0 aliphatic rings. The van der Waals surface area contributed by atoms with Crippen molar-refractivity contribution in [3.05, 3.63) is 29.3 Å². The fourth-order valence-corrected chi connectivity index (χ4v) is 2.73. The van der Waals surface area contributed by atoms with Crippen molar-refractivity contribution < 1.29 is 8.42 Å². The summed E-state index contributed by atoms with van der Waals surface area (Å²) < 4.78 is 26.5. The van der Waals surface area contributed by atoms with E-state index in [4.69, 9.17) is 11.7 Å². The summed E-state index contributed by atoms with van der Waals surface area (Å²) in [5, 5.41) is 8.80. The van der Waals surface area contributed by atoms with Crippen molar-refractivity contribution in [1.29, 1.82) is 5.26 Å². The van der Waals surface area contributed by atoms with Crippen molar-refractivity contribution in [3.63, 3.8) is 0 Å². The van der Waals surface area contributed by atoms with Crippen molar-refractivity contribution in [2.45, 2.75) is 31.1 Å². The molecular formula is C14H16N2O2S. The molecule has 0 unspecified atom stereocenters. The van der Waals surface area contributed by atoms with Gasteiger partial charge in [0.25, 0.3) is 0 Å². The van der Waals surface area contributed by atoms with E-state index >= 15 is 0 Å². The summed E-state index contributed by atoms with van der Waals surface area (Å²) in [6.07, 6.45) is 7.27. The smallest absolute Gasteiger partial charge is 0.211 e. The molecule has 0 spiro atoms. The average Bonchev–Trinajstić information content (AvgIpc) is 2.38. The van der Waals surface area contributed by atoms with E-state index in [0.29, 0.717) is 30.5 Å². The molecule has 1 rings (SSSR count). The molecule has 0 atom stereocenters. The topological polar surface area (TPSA) is 70.0 Å². The molecule has 100 valence electrons. The second kappa shape index (κ2) is 6.94. The largest absolute Gasteiger partial charge is 0.240 e. The van der Waals surface area contributed by atoms with Crippen LogP contribution in [0.15, 0.2) is 23.1 Å². The molecule has 4 nitrogen and oxygen atoms in total. The zero-order valence-corrected chi connectivity index (χ0v) is 11.6. The van der Waals surface area contributed by atoms with Gasteiger partial charge in [-0.3, -0.25) is 0 Å². The van der Waals surface area contributed by atoms with Crippen LogP contribution in [-0.2, 0) is 10.0 Å². The van der Waals surface area contributed by atoms with Crippen LogP contribution in [0.2, 0.25) is 0 Å². The van der Waals surface area contributed by atoms with Crippen LogP contribution in [0.1, 0.15) is 30.4 Å². The van der Waals surface area contributed by atoms with E-state index in [9.17, 15) is 8.42 Å². The van der Waals surface area contributed by atoms with Gasteiger partial charge in [0.05, 0.1) is 16.5 Å². The number of sulfonamides is 1. The highest BCUT2D eigenvalue weighted by Gasteiger charge is 2.14. The quantitative estimate of drug-likeness (QED) is 0.637. The van der Waals surface area contributed by atoms with E-state index in [1.165, 1.54) is 18.2 Å². The number of benzene rings is 1. The summed E-state index contributed by atoms with van der Waals surface area (Å²) in [4.78, 5) is 0.181. The first kappa shape index (κ1) is 15.2. The van der Waals surface area contributed by atoms with Gasteiger partial charge in [-0.15, -0.1) is 12.3 Å². The molecule has 0 amide bonds. The lowest BCUT2D eigenvalue weighted by atomic mass is 10.1. The predicted molar refractivity (Wildman–Crippen MR) is 73.8 cm³/mol. The van der Waals surface area contributed by atoms with Crippen LogP contribution in [0.3, 0.4) is 0 Å². The minimum atomic E-state index is -3.51. The van der Waals surface area contributed by atoms with Gasteiger partial charge in [-0.05, 0) is 43.5 Å². The molecule has 1 N–H and O–H groups in total. The Balaban J connectivity index is 2.71. The number of terminal acetylenes is 1. The van der Waals surface area contributed by atoms with Crippen LogP contribution in [0, 0.1) is 30.6 Å². The monoisotopic (exact) mass is 276 g/mol. The summed E-state index contributed by atoms with van der Waals surface area (Å²) >= 11 is 0. The first-order valence-corrected chi connectivity index (χ1v) is 7.43. The SMILES string of the molecule is C#CCCCCNS(=O)(=O)c1ccc(C#N)c(C)c1. The molecule has 0 radical (unpaired) electrons. The standard InChI is InChI=1S/C14H16N2O2S/c1-3-4-5-6-9-16-19(17,18)14-8-7-13(11-15)12(2)10-14/h1,7-8,10,16H,4-6,9H2,2H3. The molecule has 0 aliphatic heterocycles. The highest BCUT2D eigenvalue weighted by atomic mass is 32.2. The molecule has 0 aliphatic carbocycles. The number of nitrogens with one attached hydrogen (secondary N) is 1. The van der Waals surface area contributed by atoms with E-state index in [1.54, 1.807) is 6.92 Å². The fourth-order valence-electron chi connectivity index (χ4n) is 1.57. The van der Waals surface area contributed by atoms with Crippen molar-refractivity contribution in [2.24, 2.45) is 0 Å². The van der Waals surface area contributed by atoms with Crippen LogP contribution in [0.4, 0.5) is 0 Å². The van der Waals surface area contributed by atoms with Gasteiger partial charge in [0, 0.05) is 13.0 Å². The number of unbranched alkanes of at least 4 members (excludes halogenated alkanes) is 2. The molecule has 0 aromatic heterocycles. The Hall–Kier alpha value is -1.82.